The van der Waals surface area contributed by atoms with E-state index in [4.69, 9.17) is 44.1 Å². The van der Waals surface area contributed by atoms with Crippen molar-refractivity contribution in [1.29, 1.82) is 0 Å². The lowest BCUT2D eigenvalue weighted by molar-refractivity contribution is 0.296. The Morgan fingerprint density at radius 3 is 1.28 bits per heavy atom. The molecular weight excluding hydrogens is 977 g/mol. The highest BCUT2D eigenvalue weighted by atomic mass is 16.5. The highest BCUT2D eigenvalue weighted by Gasteiger charge is 2.26. The Labute approximate surface area is 467 Å². The van der Waals surface area contributed by atoms with Crippen LogP contribution in [0.15, 0.2) is 97.1 Å². The number of ether oxygens (including phenoxy) is 3. The van der Waals surface area contributed by atoms with Gasteiger partial charge < -0.3 is 24.0 Å². The molecule has 11 nitrogen and oxygen atoms in total. The molecular formula is C68H74N8O3. The highest BCUT2D eigenvalue weighted by molar-refractivity contribution is 5.83. The first kappa shape index (κ1) is 55.3. The van der Waals surface area contributed by atoms with Crippen molar-refractivity contribution >= 4 is 22.7 Å². The maximum Gasteiger partial charge on any atom is 0.320 e. The first-order chi connectivity index (χ1) is 37.6. The lowest BCUT2D eigenvalue weighted by Crippen LogP contribution is -2.16. The van der Waals surface area contributed by atoms with E-state index in [-0.39, 0.29) is 18.6 Å². The van der Waals surface area contributed by atoms with Gasteiger partial charge in [0.25, 0.3) is 0 Å². The Balaban J connectivity index is 1.15. The summed E-state index contributed by atoms with van der Waals surface area (Å²) in [6.07, 6.45) is 0.485. The number of nitrogens with zero attached hydrogens (tertiary/aromatic N) is 8. The molecule has 0 saturated heterocycles. The van der Waals surface area contributed by atoms with Gasteiger partial charge in [-0.05, 0) is 206 Å². The molecule has 0 radical (unpaired) electrons. The number of aromatic nitrogens is 6. The summed E-state index contributed by atoms with van der Waals surface area (Å²) < 4.78 is 18.1. The molecule has 0 spiro atoms. The molecule has 2 aromatic heterocycles. The van der Waals surface area contributed by atoms with Gasteiger partial charge in [0.15, 0.2) is 23.3 Å². The van der Waals surface area contributed by atoms with Crippen molar-refractivity contribution in [3.8, 4) is 74.4 Å². The minimum atomic E-state index is 0.238. The van der Waals surface area contributed by atoms with E-state index in [0.29, 0.717) is 29.7 Å². The normalized spacial score (nSPS) is 11.3. The average molecular weight is 1050 g/mol. The molecule has 404 valence electrons. The number of hydrogen-bond donors (Lipinski definition) is 0. The Bertz CT molecular complexity index is 3710. The minimum absolute atomic E-state index is 0.238. The second-order valence-corrected chi connectivity index (χ2v) is 21.5. The lowest BCUT2D eigenvalue weighted by Gasteiger charge is -2.28. The van der Waals surface area contributed by atoms with Gasteiger partial charge in [0, 0.05) is 65.5 Å². The van der Waals surface area contributed by atoms with Crippen LogP contribution in [-0.2, 0) is 6.42 Å². The van der Waals surface area contributed by atoms with Gasteiger partial charge in [-0.25, -0.2) is 9.97 Å². The quantitative estimate of drug-likeness (QED) is 0.0978. The van der Waals surface area contributed by atoms with Crippen LogP contribution in [0.2, 0.25) is 0 Å². The largest absolute Gasteiger partial charge is 0.497 e. The molecule has 0 N–H and O–H groups in total. The molecule has 0 unspecified atom stereocenters. The fourth-order valence-corrected chi connectivity index (χ4v) is 11.9. The van der Waals surface area contributed by atoms with Gasteiger partial charge in [-0.2, -0.15) is 19.9 Å². The summed E-state index contributed by atoms with van der Waals surface area (Å²) in [6, 6.07) is 35.0. The summed E-state index contributed by atoms with van der Waals surface area (Å²) in [6.45, 7) is 30.2. The number of rotatable bonds is 15. The molecule has 7 aromatic carbocycles. The number of hydrogen-bond acceptors (Lipinski definition) is 11. The molecule has 0 fully saturated rings. The fourth-order valence-electron chi connectivity index (χ4n) is 11.9. The van der Waals surface area contributed by atoms with Crippen LogP contribution >= 0.6 is 0 Å². The van der Waals surface area contributed by atoms with E-state index in [1.54, 1.807) is 14.2 Å². The Morgan fingerprint density at radius 1 is 0.367 bits per heavy atom. The van der Waals surface area contributed by atoms with Gasteiger partial charge in [0.05, 0.1) is 20.8 Å². The summed E-state index contributed by atoms with van der Waals surface area (Å²) in [5, 5.41) is 0. The second kappa shape index (κ2) is 22.5. The van der Waals surface area contributed by atoms with E-state index in [1.807, 2.05) is 12.1 Å². The van der Waals surface area contributed by atoms with Crippen LogP contribution in [0.4, 0.5) is 22.7 Å². The van der Waals surface area contributed by atoms with Gasteiger partial charge in [-0.15, -0.1) is 0 Å². The molecule has 0 amide bonds. The molecule has 0 aliphatic carbocycles. The number of methoxy groups -OCH3 is 2. The molecule has 9 aromatic rings. The summed E-state index contributed by atoms with van der Waals surface area (Å²) in [5.41, 5.74) is 27.1. The van der Waals surface area contributed by atoms with E-state index in [0.717, 1.165) is 112 Å². The summed E-state index contributed by atoms with van der Waals surface area (Å²) in [7, 11) is 7.53. The standard InChI is InChI=1S/C68H74N8O3/c1-37-29-38(2)35-53(34-37)51-19-21-54(22-20-51)75(15)61-45(9)36-52(60(50(61)14)66-70-63(71-67(72-66)78-18)57-41(5)30-39(3)31-42(57)6)27-28-79-68-73-64(58-43(7)32-40(4)33-44(58)8)69-65(74-68)59-46(10)48(12)62(49(13)47(59)11)76(16)55-23-25-56(77-17)26-24-55/h19-26,29-36H,27-28H2,1-18H3. The minimum Gasteiger partial charge on any atom is -0.497 e. The van der Waals surface area contributed by atoms with Crippen molar-refractivity contribution < 1.29 is 14.2 Å². The van der Waals surface area contributed by atoms with Crippen molar-refractivity contribution in [1.82, 2.24) is 29.9 Å². The second-order valence-electron chi connectivity index (χ2n) is 21.5. The molecule has 0 aliphatic rings. The first-order valence-electron chi connectivity index (χ1n) is 27.1. The summed E-state index contributed by atoms with van der Waals surface area (Å²) in [4.78, 5) is 35.3. The Kier molecular flexibility index (Phi) is 15.8. The zero-order chi connectivity index (χ0) is 56.7. The van der Waals surface area contributed by atoms with Gasteiger partial charge in [-0.3, -0.25) is 0 Å². The zero-order valence-electron chi connectivity index (χ0n) is 49.5. The third-order valence-corrected chi connectivity index (χ3v) is 15.6. The van der Waals surface area contributed by atoms with Crippen LogP contribution in [-0.4, -0.2) is 64.8 Å². The highest BCUT2D eigenvalue weighted by Crippen LogP contribution is 2.43. The fraction of sp³-hybridized carbons (Fsp3) is 0.294. The summed E-state index contributed by atoms with van der Waals surface area (Å²) in [5.74, 6) is 3.01. The van der Waals surface area contributed by atoms with Gasteiger partial charge in [0.1, 0.15) is 5.75 Å². The van der Waals surface area contributed by atoms with Crippen molar-refractivity contribution in [2.75, 3.05) is 44.7 Å². The number of benzene rings is 7. The molecule has 0 bridgehead atoms. The van der Waals surface area contributed by atoms with Crippen LogP contribution in [0.25, 0.3) is 56.7 Å². The van der Waals surface area contributed by atoms with Crippen LogP contribution in [0.1, 0.15) is 83.5 Å². The van der Waals surface area contributed by atoms with Gasteiger partial charge in [0.2, 0.25) is 0 Å². The van der Waals surface area contributed by atoms with Crippen LogP contribution in [0, 0.1) is 96.9 Å². The molecule has 79 heavy (non-hydrogen) atoms. The molecule has 2 heterocycles. The number of anilines is 4. The maximum absolute atomic E-state index is 6.81. The van der Waals surface area contributed by atoms with Gasteiger partial charge in [-0.1, -0.05) is 82.9 Å². The predicted molar refractivity (Wildman–Crippen MR) is 324 cm³/mol. The van der Waals surface area contributed by atoms with Crippen molar-refractivity contribution in [2.24, 2.45) is 0 Å². The van der Waals surface area contributed by atoms with Gasteiger partial charge >= 0.3 is 12.0 Å². The lowest BCUT2D eigenvalue weighted by atomic mass is 9.90. The summed E-state index contributed by atoms with van der Waals surface area (Å²) >= 11 is 0. The molecule has 9 rings (SSSR count). The van der Waals surface area contributed by atoms with Crippen molar-refractivity contribution in [3.05, 3.63) is 181 Å². The van der Waals surface area contributed by atoms with Crippen LogP contribution in [0.3, 0.4) is 0 Å². The molecule has 0 atom stereocenters. The third kappa shape index (κ3) is 11.0. The van der Waals surface area contributed by atoms with Crippen LogP contribution < -0.4 is 24.0 Å². The SMILES string of the molecule is COc1ccc(N(C)c2c(C)c(C)c(-c3nc(OCCc4cc(C)c(N(C)c5ccc(-c6cc(C)cc(C)c6)cc5)c(C)c4-c4nc(OC)nc(-c5c(C)cc(C)cc5C)n4)nc(-c4c(C)cc(C)cc4C)n3)c(C)c2C)cc1. The smallest absolute Gasteiger partial charge is 0.320 e. The zero-order valence-corrected chi connectivity index (χ0v) is 49.5. The first-order valence-corrected chi connectivity index (χ1v) is 27.1. The Morgan fingerprint density at radius 2 is 0.797 bits per heavy atom. The van der Waals surface area contributed by atoms with E-state index in [9.17, 15) is 0 Å². The topological polar surface area (TPSA) is 112 Å². The predicted octanol–water partition coefficient (Wildman–Crippen LogP) is 15.9. The average Bonchev–Trinajstić information content (AvgIpc) is 3.49. The Hall–Kier alpha value is -8.44. The maximum atomic E-state index is 6.81. The van der Waals surface area contributed by atoms with Crippen molar-refractivity contribution in [3.63, 3.8) is 0 Å². The monoisotopic (exact) mass is 1050 g/mol. The van der Waals surface area contributed by atoms with E-state index < -0.39 is 0 Å². The molecule has 0 saturated carbocycles. The van der Waals surface area contributed by atoms with Crippen molar-refractivity contribution in [2.45, 2.75) is 103 Å². The molecule has 0 aliphatic heterocycles. The van der Waals surface area contributed by atoms with E-state index >= 15 is 0 Å². The molecule has 11 heteroatoms. The van der Waals surface area contributed by atoms with Crippen LogP contribution in [0.5, 0.6) is 17.8 Å². The van der Waals surface area contributed by atoms with E-state index in [2.05, 4.69) is 206 Å². The number of aryl methyl sites for hydroxylation is 9. The van der Waals surface area contributed by atoms with E-state index in [1.165, 1.54) is 33.4 Å². The third-order valence-electron chi connectivity index (χ3n) is 15.6.